The highest BCUT2D eigenvalue weighted by molar-refractivity contribution is 5.82. The standard InChI is InChI=1S/C29H30N6O2/c1-34(20-21-7-5-4-6-8-21)11-12-35(24-13-25(36-2)16-26(14-24)37-3)23-9-10-27-28(15-23)33-29(19-30-27)22-17-31-32-18-22/h4-10,13-19H,11-12,20H2,1-3H3,(H,31,32). The number of anilines is 2. The lowest BCUT2D eigenvalue weighted by Crippen LogP contribution is -2.30. The molecule has 0 amide bonds. The fourth-order valence-corrected chi connectivity index (χ4v) is 4.30. The van der Waals surface area contributed by atoms with Crippen LogP contribution in [0.4, 0.5) is 11.4 Å². The number of aromatic amines is 1. The monoisotopic (exact) mass is 494 g/mol. The van der Waals surface area contributed by atoms with E-state index in [1.807, 2.05) is 36.5 Å². The maximum absolute atomic E-state index is 5.57. The number of rotatable bonds is 10. The summed E-state index contributed by atoms with van der Waals surface area (Å²) in [5.74, 6) is 1.47. The Morgan fingerprint density at radius 2 is 1.59 bits per heavy atom. The number of H-pyrrole nitrogens is 1. The van der Waals surface area contributed by atoms with Crippen LogP contribution < -0.4 is 14.4 Å². The lowest BCUT2D eigenvalue weighted by Gasteiger charge is -2.28. The Labute approximate surface area is 216 Å². The zero-order valence-corrected chi connectivity index (χ0v) is 21.3. The van der Waals surface area contributed by atoms with Gasteiger partial charge in [0.2, 0.25) is 0 Å². The van der Waals surface area contributed by atoms with Crippen LogP contribution >= 0.6 is 0 Å². The van der Waals surface area contributed by atoms with Crippen molar-refractivity contribution >= 4 is 22.4 Å². The van der Waals surface area contributed by atoms with Gasteiger partial charge in [0.1, 0.15) is 11.5 Å². The number of aromatic nitrogens is 4. The molecule has 8 heteroatoms. The molecule has 1 N–H and O–H groups in total. The Hall–Kier alpha value is -4.43. The fourth-order valence-electron chi connectivity index (χ4n) is 4.30. The van der Waals surface area contributed by atoms with E-state index >= 15 is 0 Å². The average molecular weight is 495 g/mol. The summed E-state index contributed by atoms with van der Waals surface area (Å²) < 4.78 is 11.1. The quantitative estimate of drug-likeness (QED) is 0.282. The molecule has 0 saturated carbocycles. The molecule has 188 valence electrons. The molecule has 37 heavy (non-hydrogen) atoms. The summed E-state index contributed by atoms with van der Waals surface area (Å²) >= 11 is 0. The number of likely N-dealkylation sites (N-methyl/N-ethyl adjacent to an activating group) is 1. The SMILES string of the molecule is COc1cc(OC)cc(N(CCN(C)Cc2ccccc2)c2ccc3ncc(-c4cn[nH]c4)nc3c2)c1. The Kier molecular flexibility index (Phi) is 7.28. The molecule has 5 rings (SSSR count). The summed E-state index contributed by atoms with van der Waals surface area (Å²) in [6.07, 6.45) is 5.34. The molecule has 2 aromatic heterocycles. The first-order chi connectivity index (χ1) is 18.1. The summed E-state index contributed by atoms with van der Waals surface area (Å²) in [6.45, 7) is 2.46. The van der Waals surface area contributed by atoms with Crippen molar-refractivity contribution in [3.8, 4) is 22.8 Å². The Morgan fingerprint density at radius 3 is 2.30 bits per heavy atom. The van der Waals surface area contributed by atoms with Crippen LogP contribution in [-0.2, 0) is 6.54 Å². The molecule has 0 aliphatic rings. The summed E-state index contributed by atoms with van der Waals surface area (Å²) in [7, 11) is 5.47. The van der Waals surface area contributed by atoms with E-state index in [0.29, 0.717) is 0 Å². The minimum atomic E-state index is 0.736. The largest absolute Gasteiger partial charge is 0.497 e. The third-order valence-electron chi connectivity index (χ3n) is 6.28. The van der Waals surface area contributed by atoms with Gasteiger partial charge in [-0.25, -0.2) is 4.98 Å². The fraction of sp³-hybridized carbons (Fsp3) is 0.207. The van der Waals surface area contributed by atoms with Crippen molar-refractivity contribution in [3.05, 3.63) is 90.9 Å². The molecule has 0 atom stereocenters. The van der Waals surface area contributed by atoms with E-state index in [0.717, 1.165) is 64.8 Å². The lowest BCUT2D eigenvalue weighted by atomic mass is 10.2. The van der Waals surface area contributed by atoms with Crippen LogP contribution in [0.15, 0.2) is 85.3 Å². The van der Waals surface area contributed by atoms with Crippen LogP contribution in [-0.4, -0.2) is 59.4 Å². The van der Waals surface area contributed by atoms with Gasteiger partial charge < -0.3 is 19.3 Å². The number of ether oxygens (including phenoxy) is 2. The molecule has 0 bridgehead atoms. The Bertz CT molecular complexity index is 1430. The third kappa shape index (κ3) is 5.70. The van der Waals surface area contributed by atoms with Crippen LogP contribution in [0.1, 0.15) is 5.56 Å². The van der Waals surface area contributed by atoms with Gasteiger partial charge in [-0.15, -0.1) is 0 Å². The second-order valence-electron chi connectivity index (χ2n) is 8.86. The first kappa shape index (κ1) is 24.3. The Balaban J connectivity index is 1.49. The van der Waals surface area contributed by atoms with Gasteiger partial charge >= 0.3 is 0 Å². The van der Waals surface area contributed by atoms with Crippen molar-refractivity contribution in [2.45, 2.75) is 6.54 Å². The lowest BCUT2D eigenvalue weighted by molar-refractivity contribution is 0.335. The van der Waals surface area contributed by atoms with Gasteiger partial charge in [-0.1, -0.05) is 30.3 Å². The highest BCUT2D eigenvalue weighted by Crippen LogP contribution is 2.34. The van der Waals surface area contributed by atoms with Crippen molar-refractivity contribution in [1.29, 1.82) is 0 Å². The van der Waals surface area contributed by atoms with E-state index in [9.17, 15) is 0 Å². The van der Waals surface area contributed by atoms with E-state index in [2.05, 4.69) is 68.4 Å². The van der Waals surface area contributed by atoms with Gasteiger partial charge in [-0.3, -0.25) is 10.1 Å². The van der Waals surface area contributed by atoms with Gasteiger partial charge in [0.25, 0.3) is 0 Å². The number of nitrogens with one attached hydrogen (secondary N) is 1. The molecule has 0 fully saturated rings. The van der Waals surface area contributed by atoms with Crippen molar-refractivity contribution in [2.24, 2.45) is 0 Å². The summed E-state index contributed by atoms with van der Waals surface area (Å²) in [5, 5.41) is 6.88. The molecule has 0 spiro atoms. The van der Waals surface area contributed by atoms with Gasteiger partial charge in [-0.05, 0) is 30.8 Å². The van der Waals surface area contributed by atoms with Gasteiger partial charge in [-0.2, -0.15) is 5.10 Å². The average Bonchev–Trinajstić information content (AvgIpc) is 3.48. The van der Waals surface area contributed by atoms with Crippen LogP contribution in [0.5, 0.6) is 11.5 Å². The van der Waals surface area contributed by atoms with E-state index < -0.39 is 0 Å². The number of nitrogens with zero attached hydrogens (tertiary/aromatic N) is 5. The number of methoxy groups -OCH3 is 2. The van der Waals surface area contributed by atoms with Gasteiger partial charge in [0.05, 0.1) is 43.3 Å². The minimum absolute atomic E-state index is 0.736. The molecular weight excluding hydrogens is 464 g/mol. The third-order valence-corrected chi connectivity index (χ3v) is 6.28. The number of hydrogen-bond acceptors (Lipinski definition) is 7. The molecule has 0 aliphatic carbocycles. The van der Waals surface area contributed by atoms with Gasteiger partial charge in [0, 0.05) is 61.0 Å². The molecule has 0 radical (unpaired) electrons. The van der Waals surface area contributed by atoms with Crippen molar-refractivity contribution in [2.75, 3.05) is 39.3 Å². The zero-order chi connectivity index (χ0) is 25.6. The van der Waals surface area contributed by atoms with E-state index in [1.165, 1.54) is 5.56 Å². The number of benzene rings is 3. The summed E-state index contributed by atoms with van der Waals surface area (Å²) in [4.78, 5) is 14.1. The normalized spacial score (nSPS) is 11.1. The molecular formula is C29H30N6O2. The van der Waals surface area contributed by atoms with E-state index in [-0.39, 0.29) is 0 Å². The molecule has 0 aliphatic heterocycles. The number of fused-ring (bicyclic) bond motifs is 1. The summed E-state index contributed by atoms with van der Waals surface area (Å²) in [5.41, 5.74) is 6.59. The molecule has 5 aromatic rings. The topological polar surface area (TPSA) is 79.4 Å². The predicted octanol–water partition coefficient (Wildman–Crippen LogP) is 5.31. The highest BCUT2D eigenvalue weighted by atomic mass is 16.5. The summed E-state index contributed by atoms with van der Waals surface area (Å²) in [6, 6.07) is 22.6. The smallest absolute Gasteiger partial charge is 0.124 e. The van der Waals surface area contributed by atoms with E-state index in [1.54, 1.807) is 26.6 Å². The highest BCUT2D eigenvalue weighted by Gasteiger charge is 2.15. The van der Waals surface area contributed by atoms with Crippen LogP contribution in [0.25, 0.3) is 22.3 Å². The van der Waals surface area contributed by atoms with Crippen LogP contribution in [0.3, 0.4) is 0 Å². The van der Waals surface area contributed by atoms with Crippen LogP contribution in [0, 0.1) is 0 Å². The molecule has 3 aromatic carbocycles. The van der Waals surface area contributed by atoms with E-state index in [4.69, 9.17) is 14.5 Å². The molecule has 8 nitrogen and oxygen atoms in total. The first-order valence-corrected chi connectivity index (χ1v) is 12.1. The van der Waals surface area contributed by atoms with Crippen molar-refractivity contribution in [3.63, 3.8) is 0 Å². The molecule has 2 heterocycles. The molecule has 0 unspecified atom stereocenters. The van der Waals surface area contributed by atoms with Crippen LogP contribution in [0.2, 0.25) is 0 Å². The maximum atomic E-state index is 5.57. The maximum Gasteiger partial charge on any atom is 0.124 e. The van der Waals surface area contributed by atoms with Crippen molar-refractivity contribution < 1.29 is 9.47 Å². The Morgan fingerprint density at radius 1 is 0.811 bits per heavy atom. The predicted molar refractivity (Wildman–Crippen MR) is 146 cm³/mol. The minimum Gasteiger partial charge on any atom is -0.497 e. The second-order valence-corrected chi connectivity index (χ2v) is 8.86. The zero-order valence-electron chi connectivity index (χ0n) is 21.3. The molecule has 0 saturated heterocycles. The second kappa shape index (κ2) is 11.1. The first-order valence-electron chi connectivity index (χ1n) is 12.1. The van der Waals surface area contributed by atoms with Gasteiger partial charge in [0.15, 0.2) is 0 Å². The number of hydrogen-bond donors (Lipinski definition) is 1. The van der Waals surface area contributed by atoms with Crippen molar-refractivity contribution in [1.82, 2.24) is 25.1 Å².